The largest absolute Gasteiger partial charge is 0.363 e. The van der Waals surface area contributed by atoms with Gasteiger partial charge in [0.25, 0.3) is 0 Å². The molecule has 110 valence electrons. The lowest BCUT2D eigenvalue weighted by Crippen LogP contribution is -2.44. The van der Waals surface area contributed by atoms with Gasteiger partial charge in [0.15, 0.2) is 0 Å². The second-order valence-corrected chi connectivity index (χ2v) is 5.48. The number of aromatic nitrogens is 1. The van der Waals surface area contributed by atoms with Crippen LogP contribution in [0.3, 0.4) is 0 Å². The molecule has 0 atom stereocenters. The van der Waals surface area contributed by atoms with E-state index in [1.54, 1.807) is 6.20 Å². The van der Waals surface area contributed by atoms with E-state index in [0.29, 0.717) is 5.69 Å². The van der Waals surface area contributed by atoms with Gasteiger partial charge >= 0.3 is 6.03 Å². The van der Waals surface area contributed by atoms with Gasteiger partial charge in [-0.1, -0.05) is 0 Å². The number of nitrogens with zero attached hydrogens (tertiary/aromatic N) is 3. The first-order chi connectivity index (χ1) is 9.54. The van der Waals surface area contributed by atoms with E-state index in [1.807, 2.05) is 31.1 Å². The van der Waals surface area contributed by atoms with Gasteiger partial charge in [0, 0.05) is 20.1 Å². The number of amides is 2. The SMILES string of the molecule is CN1CCC(NC(=O)Nc2ccc(N(C)C)nc2)CC1. The summed E-state index contributed by atoms with van der Waals surface area (Å²) in [6.45, 7) is 2.06. The van der Waals surface area contributed by atoms with Gasteiger partial charge < -0.3 is 20.4 Å². The first kappa shape index (κ1) is 14.6. The van der Waals surface area contributed by atoms with E-state index in [0.717, 1.165) is 31.7 Å². The number of carbonyl (C=O) groups is 1. The molecule has 0 aromatic carbocycles. The Hall–Kier alpha value is -1.82. The summed E-state index contributed by atoms with van der Waals surface area (Å²) in [6, 6.07) is 3.85. The second kappa shape index (κ2) is 6.56. The summed E-state index contributed by atoms with van der Waals surface area (Å²) in [5.74, 6) is 0.867. The number of hydrogen-bond acceptors (Lipinski definition) is 4. The molecule has 1 aromatic heterocycles. The maximum absolute atomic E-state index is 11.9. The summed E-state index contributed by atoms with van der Waals surface area (Å²) < 4.78 is 0. The van der Waals surface area contributed by atoms with Gasteiger partial charge in [-0.25, -0.2) is 9.78 Å². The monoisotopic (exact) mass is 277 g/mol. The lowest BCUT2D eigenvalue weighted by Gasteiger charge is -2.29. The van der Waals surface area contributed by atoms with Gasteiger partial charge in [-0.05, 0) is 45.1 Å². The third-order valence-corrected chi connectivity index (χ3v) is 3.52. The fraction of sp³-hybridized carbons (Fsp3) is 0.571. The number of pyridine rings is 1. The topological polar surface area (TPSA) is 60.5 Å². The molecule has 1 aliphatic rings. The van der Waals surface area contributed by atoms with Crippen LogP contribution in [0.15, 0.2) is 18.3 Å². The van der Waals surface area contributed by atoms with Gasteiger partial charge in [-0.15, -0.1) is 0 Å². The lowest BCUT2D eigenvalue weighted by atomic mass is 10.1. The molecule has 0 bridgehead atoms. The molecule has 1 fully saturated rings. The van der Waals surface area contributed by atoms with Gasteiger partial charge in [-0.3, -0.25) is 0 Å². The summed E-state index contributed by atoms with van der Waals surface area (Å²) in [4.78, 5) is 20.4. The number of piperidine rings is 1. The lowest BCUT2D eigenvalue weighted by molar-refractivity contribution is 0.221. The van der Waals surface area contributed by atoms with Crippen LogP contribution in [0.2, 0.25) is 0 Å². The van der Waals surface area contributed by atoms with Crippen LogP contribution in [0, 0.1) is 0 Å². The number of urea groups is 1. The first-order valence-corrected chi connectivity index (χ1v) is 6.94. The molecule has 6 heteroatoms. The molecular formula is C14H23N5O. The first-order valence-electron chi connectivity index (χ1n) is 6.94. The van der Waals surface area contributed by atoms with Crippen molar-refractivity contribution >= 4 is 17.5 Å². The van der Waals surface area contributed by atoms with Crippen LogP contribution < -0.4 is 15.5 Å². The number of rotatable bonds is 3. The molecule has 0 aliphatic carbocycles. The molecule has 1 saturated heterocycles. The van der Waals surface area contributed by atoms with Crippen molar-refractivity contribution in [1.82, 2.24) is 15.2 Å². The van der Waals surface area contributed by atoms with Crippen molar-refractivity contribution in [3.63, 3.8) is 0 Å². The smallest absolute Gasteiger partial charge is 0.319 e. The molecule has 1 aromatic rings. The average molecular weight is 277 g/mol. The molecule has 2 N–H and O–H groups in total. The highest BCUT2D eigenvalue weighted by Gasteiger charge is 2.18. The molecule has 0 spiro atoms. The zero-order valence-corrected chi connectivity index (χ0v) is 12.4. The number of carbonyl (C=O) groups excluding carboxylic acids is 1. The summed E-state index contributed by atoms with van der Waals surface area (Å²) in [5.41, 5.74) is 0.709. The second-order valence-electron chi connectivity index (χ2n) is 5.48. The Morgan fingerprint density at radius 2 is 2.05 bits per heavy atom. The Kier molecular flexibility index (Phi) is 4.79. The van der Waals surface area contributed by atoms with Gasteiger partial charge in [0.1, 0.15) is 5.82 Å². The minimum absolute atomic E-state index is 0.154. The highest BCUT2D eigenvalue weighted by molar-refractivity contribution is 5.89. The predicted octanol–water partition coefficient (Wildman–Crippen LogP) is 1.36. The summed E-state index contributed by atoms with van der Waals surface area (Å²) >= 11 is 0. The van der Waals surface area contributed by atoms with Crippen LogP contribution in [-0.4, -0.2) is 56.2 Å². The van der Waals surface area contributed by atoms with Gasteiger partial charge in [0.2, 0.25) is 0 Å². The van der Waals surface area contributed by atoms with Crippen molar-refractivity contribution in [3.05, 3.63) is 18.3 Å². The van der Waals surface area contributed by atoms with Crippen LogP contribution in [0.4, 0.5) is 16.3 Å². The van der Waals surface area contributed by atoms with E-state index in [-0.39, 0.29) is 12.1 Å². The Morgan fingerprint density at radius 3 is 2.60 bits per heavy atom. The zero-order chi connectivity index (χ0) is 14.5. The standard InChI is InChI=1S/C14H23N5O/c1-18(2)13-5-4-12(10-15-13)17-14(20)16-11-6-8-19(3)9-7-11/h4-5,10-11H,6-9H2,1-3H3,(H2,16,17,20). The molecule has 20 heavy (non-hydrogen) atoms. The fourth-order valence-corrected chi connectivity index (χ4v) is 2.23. The molecule has 1 aliphatic heterocycles. The number of anilines is 2. The van der Waals surface area contributed by atoms with Crippen LogP contribution in [-0.2, 0) is 0 Å². The molecule has 0 unspecified atom stereocenters. The van der Waals surface area contributed by atoms with E-state index in [1.165, 1.54) is 0 Å². The normalized spacial score (nSPS) is 16.8. The third kappa shape index (κ3) is 4.09. The van der Waals surface area contributed by atoms with Crippen molar-refractivity contribution < 1.29 is 4.79 Å². The van der Waals surface area contributed by atoms with E-state index in [2.05, 4.69) is 27.6 Å². The van der Waals surface area contributed by atoms with Crippen LogP contribution in [0.1, 0.15) is 12.8 Å². The van der Waals surface area contributed by atoms with Crippen LogP contribution in [0.25, 0.3) is 0 Å². The highest BCUT2D eigenvalue weighted by atomic mass is 16.2. The maximum Gasteiger partial charge on any atom is 0.319 e. The number of likely N-dealkylation sites (tertiary alicyclic amines) is 1. The van der Waals surface area contributed by atoms with Gasteiger partial charge in [-0.2, -0.15) is 0 Å². The van der Waals surface area contributed by atoms with Crippen molar-refractivity contribution in [2.24, 2.45) is 0 Å². The van der Waals surface area contributed by atoms with Crippen LogP contribution >= 0.6 is 0 Å². The van der Waals surface area contributed by atoms with Gasteiger partial charge in [0.05, 0.1) is 11.9 Å². The Bertz CT molecular complexity index is 437. The minimum atomic E-state index is -0.154. The van der Waals surface area contributed by atoms with E-state index in [9.17, 15) is 4.79 Å². The van der Waals surface area contributed by atoms with Crippen molar-refractivity contribution in [1.29, 1.82) is 0 Å². The molecule has 2 heterocycles. The number of hydrogen-bond donors (Lipinski definition) is 2. The molecule has 6 nitrogen and oxygen atoms in total. The Morgan fingerprint density at radius 1 is 1.35 bits per heavy atom. The van der Waals surface area contributed by atoms with E-state index >= 15 is 0 Å². The fourth-order valence-electron chi connectivity index (χ4n) is 2.23. The Labute approximate surface area is 120 Å². The summed E-state index contributed by atoms with van der Waals surface area (Å²) in [6.07, 6.45) is 3.67. The molecule has 2 amide bonds. The summed E-state index contributed by atoms with van der Waals surface area (Å²) in [5, 5.41) is 5.83. The molecular weight excluding hydrogens is 254 g/mol. The van der Waals surface area contributed by atoms with Crippen LogP contribution in [0.5, 0.6) is 0 Å². The number of nitrogens with one attached hydrogen (secondary N) is 2. The van der Waals surface area contributed by atoms with Crippen molar-refractivity contribution in [2.75, 3.05) is 44.4 Å². The molecule has 2 rings (SSSR count). The molecule has 0 saturated carbocycles. The highest BCUT2D eigenvalue weighted by Crippen LogP contribution is 2.12. The van der Waals surface area contributed by atoms with Crippen molar-refractivity contribution in [3.8, 4) is 0 Å². The van der Waals surface area contributed by atoms with Crippen molar-refractivity contribution in [2.45, 2.75) is 18.9 Å². The van der Waals surface area contributed by atoms with E-state index < -0.39 is 0 Å². The minimum Gasteiger partial charge on any atom is -0.363 e. The average Bonchev–Trinajstić information content (AvgIpc) is 2.42. The third-order valence-electron chi connectivity index (χ3n) is 3.52. The quantitative estimate of drug-likeness (QED) is 0.876. The Balaban J connectivity index is 1.82. The maximum atomic E-state index is 11.9. The summed E-state index contributed by atoms with van der Waals surface area (Å²) in [7, 11) is 5.97. The van der Waals surface area contributed by atoms with E-state index in [4.69, 9.17) is 0 Å². The zero-order valence-electron chi connectivity index (χ0n) is 12.4. The predicted molar refractivity (Wildman–Crippen MR) is 81.2 cm³/mol. The molecule has 0 radical (unpaired) electrons.